The second-order valence-corrected chi connectivity index (χ2v) is 7.76. The zero-order valence-electron chi connectivity index (χ0n) is 17.2. The lowest BCUT2D eigenvalue weighted by Gasteiger charge is -2.20. The van der Waals surface area contributed by atoms with Crippen LogP contribution < -0.4 is 20.1 Å². The zero-order chi connectivity index (χ0) is 22.1. The normalized spacial score (nSPS) is 14.4. The van der Waals surface area contributed by atoms with E-state index in [-0.39, 0.29) is 19.2 Å². The van der Waals surface area contributed by atoms with Gasteiger partial charge in [-0.3, -0.25) is 9.59 Å². The van der Waals surface area contributed by atoms with Crippen molar-refractivity contribution in [3.8, 4) is 22.6 Å². The first-order chi connectivity index (χ1) is 15.7. The number of rotatable bonds is 6. The molecule has 1 aliphatic carbocycles. The Balaban J connectivity index is 1.28. The maximum absolute atomic E-state index is 13.2. The van der Waals surface area contributed by atoms with Crippen molar-refractivity contribution < 1.29 is 24.2 Å². The van der Waals surface area contributed by atoms with Gasteiger partial charge in [0.25, 0.3) is 0 Å². The first kappa shape index (κ1) is 20.1. The quantitative estimate of drug-likeness (QED) is 0.558. The topological polar surface area (TPSA) is 96.9 Å². The number of nitrogens with one attached hydrogen (secondary N) is 2. The molecule has 0 unspecified atom stereocenters. The van der Waals surface area contributed by atoms with Crippen LogP contribution in [0.4, 0.5) is 0 Å². The van der Waals surface area contributed by atoms with E-state index in [2.05, 4.69) is 10.6 Å². The van der Waals surface area contributed by atoms with Gasteiger partial charge in [0, 0.05) is 6.54 Å². The van der Waals surface area contributed by atoms with Gasteiger partial charge in [-0.1, -0.05) is 54.6 Å². The molecule has 1 aliphatic heterocycles. The van der Waals surface area contributed by atoms with Gasteiger partial charge < -0.3 is 25.2 Å². The van der Waals surface area contributed by atoms with Crippen LogP contribution in [0, 0.1) is 0 Å². The number of hydrogen-bond acceptors (Lipinski definition) is 5. The lowest BCUT2D eigenvalue weighted by molar-refractivity contribution is -0.130. The van der Waals surface area contributed by atoms with Crippen molar-refractivity contribution >= 4 is 11.8 Å². The molecular weight excluding hydrogens is 408 g/mol. The highest BCUT2D eigenvalue weighted by Crippen LogP contribution is 2.44. The van der Waals surface area contributed by atoms with E-state index < -0.39 is 24.5 Å². The van der Waals surface area contributed by atoms with Gasteiger partial charge in [0.1, 0.15) is 6.04 Å². The molecule has 2 aliphatic rings. The number of carbonyl (C=O) groups excluding carboxylic acids is 2. The molecule has 1 atom stereocenters. The predicted octanol–water partition coefficient (Wildman–Crippen LogP) is 2.32. The van der Waals surface area contributed by atoms with Gasteiger partial charge in [-0.05, 0) is 39.9 Å². The summed E-state index contributed by atoms with van der Waals surface area (Å²) in [5.41, 5.74) is 4.63. The molecule has 0 aromatic heterocycles. The summed E-state index contributed by atoms with van der Waals surface area (Å²) in [6, 6.07) is 19.8. The fourth-order valence-electron chi connectivity index (χ4n) is 4.25. The Bertz CT molecular complexity index is 1150. The summed E-state index contributed by atoms with van der Waals surface area (Å²) in [6.45, 7) is -0.0944. The number of aliphatic hydroxyl groups is 1. The molecular formula is C25H22N2O5. The minimum Gasteiger partial charge on any atom is -0.454 e. The third-order valence-corrected chi connectivity index (χ3v) is 5.82. The van der Waals surface area contributed by atoms with E-state index in [0.29, 0.717) is 11.5 Å². The van der Waals surface area contributed by atoms with Crippen molar-refractivity contribution in [3.63, 3.8) is 0 Å². The molecule has 0 saturated heterocycles. The zero-order valence-corrected chi connectivity index (χ0v) is 17.2. The van der Waals surface area contributed by atoms with Crippen molar-refractivity contribution in [2.75, 3.05) is 13.4 Å². The highest BCUT2D eigenvalue weighted by Gasteiger charge is 2.35. The summed E-state index contributed by atoms with van der Waals surface area (Å²) < 4.78 is 10.6. The SMILES string of the molecule is O=C(N[C@@H](CO)C(=O)NCc1ccc2c(c1)OCO2)C1c2ccccc2-c2ccccc21. The monoisotopic (exact) mass is 430 g/mol. The average Bonchev–Trinajstić information content (AvgIpc) is 3.43. The van der Waals surface area contributed by atoms with E-state index in [4.69, 9.17) is 9.47 Å². The van der Waals surface area contributed by atoms with Crippen molar-refractivity contribution in [3.05, 3.63) is 83.4 Å². The minimum atomic E-state index is -1.06. The molecule has 0 fully saturated rings. The van der Waals surface area contributed by atoms with Crippen molar-refractivity contribution in [2.24, 2.45) is 0 Å². The summed E-state index contributed by atoms with van der Waals surface area (Å²) in [5.74, 6) is -0.0177. The Kier molecular flexibility index (Phi) is 5.25. The first-order valence-electron chi connectivity index (χ1n) is 10.4. The van der Waals surface area contributed by atoms with Crippen LogP contribution in [0.25, 0.3) is 11.1 Å². The summed E-state index contributed by atoms with van der Waals surface area (Å²) in [4.78, 5) is 25.9. The fourth-order valence-corrected chi connectivity index (χ4v) is 4.25. The van der Waals surface area contributed by atoms with E-state index in [1.807, 2.05) is 54.6 Å². The Morgan fingerprint density at radius 2 is 1.59 bits per heavy atom. The Morgan fingerprint density at radius 3 is 2.28 bits per heavy atom. The summed E-state index contributed by atoms with van der Waals surface area (Å²) in [6.07, 6.45) is 0. The number of ether oxygens (including phenoxy) is 2. The van der Waals surface area contributed by atoms with Gasteiger partial charge in [0.2, 0.25) is 18.6 Å². The number of aliphatic hydroxyl groups excluding tert-OH is 1. The maximum Gasteiger partial charge on any atom is 0.245 e. The van der Waals surface area contributed by atoms with E-state index >= 15 is 0 Å². The van der Waals surface area contributed by atoms with Crippen molar-refractivity contribution in [1.29, 1.82) is 0 Å². The molecule has 7 heteroatoms. The van der Waals surface area contributed by atoms with Gasteiger partial charge in [-0.25, -0.2) is 0 Å². The van der Waals surface area contributed by atoms with Gasteiger partial charge in [0.05, 0.1) is 12.5 Å². The average molecular weight is 430 g/mol. The van der Waals surface area contributed by atoms with Crippen molar-refractivity contribution in [1.82, 2.24) is 10.6 Å². The summed E-state index contributed by atoms with van der Waals surface area (Å²) in [5, 5.41) is 15.3. The lowest BCUT2D eigenvalue weighted by Crippen LogP contribution is -2.49. The largest absolute Gasteiger partial charge is 0.454 e. The smallest absolute Gasteiger partial charge is 0.245 e. The van der Waals surface area contributed by atoms with Crippen LogP contribution in [-0.2, 0) is 16.1 Å². The second-order valence-electron chi connectivity index (χ2n) is 7.76. The molecule has 5 rings (SSSR count). The van der Waals surface area contributed by atoms with Crippen LogP contribution >= 0.6 is 0 Å². The van der Waals surface area contributed by atoms with Gasteiger partial charge in [-0.2, -0.15) is 0 Å². The van der Waals surface area contributed by atoms with Crippen LogP contribution in [0.5, 0.6) is 11.5 Å². The van der Waals surface area contributed by atoms with Crippen molar-refractivity contribution in [2.45, 2.75) is 18.5 Å². The fraction of sp³-hybridized carbons (Fsp3) is 0.200. The second kappa shape index (κ2) is 8.36. The minimum absolute atomic E-state index is 0.178. The molecule has 2 amide bonds. The van der Waals surface area contributed by atoms with E-state index in [9.17, 15) is 14.7 Å². The number of amides is 2. The molecule has 162 valence electrons. The molecule has 0 bridgehead atoms. The van der Waals surface area contributed by atoms with E-state index in [0.717, 1.165) is 27.8 Å². The van der Waals surface area contributed by atoms with Crippen LogP contribution in [0.1, 0.15) is 22.6 Å². The molecule has 0 radical (unpaired) electrons. The van der Waals surface area contributed by atoms with Gasteiger partial charge in [0.15, 0.2) is 11.5 Å². The third kappa shape index (κ3) is 3.56. The third-order valence-electron chi connectivity index (χ3n) is 5.82. The van der Waals surface area contributed by atoms with Gasteiger partial charge >= 0.3 is 0 Å². The van der Waals surface area contributed by atoms with Crippen LogP contribution in [-0.4, -0.2) is 36.4 Å². The van der Waals surface area contributed by atoms with Crippen LogP contribution in [0.2, 0.25) is 0 Å². The number of fused-ring (bicyclic) bond motifs is 4. The summed E-state index contributed by atoms with van der Waals surface area (Å²) >= 11 is 0. The number of benzene rings is 3. The van der Waals surface area contributed by atoms with Crippen LogP contribution in [0.3, 0.4) is 0 Å². The van der Waals surface area contributed by atoms with Crippen LogP contribution in [0.15, 0.2) is 66.7 Å². The van der Waals surface area contributed by atoms with Gasteiger partial charge in [-0.15, -0.1) is 0 Å². The predicted molar refractivity (Wildman–Crippen MR) is 117 cm³/mol. The van der Waals surface area contributed by atoms with E-state index in [1.165, 1.54) is 0 Å². The highest BCUT2D eigenvalue weighted by atomic mass is 16.7. The maximum atomic E-state index is 13.2. The molecule has 7 nitrogen and oxygen atoms in total. The standard InChI is InChI=1S/C25H22N2O5/c28-13-20(24(29)26-12-15-9-10-21-22(11-15)32-14-31-21)27-25(30)23-18-7-3-1-5-16(18)17-6-2-4-8-19(17)23/h1-11,20,23,28H,12-14H2,(H,26,29)(H,27,30)/t20-/m0/s1. The Hall–Kier alpha value is -3.84. The Labute approximate surface area is 185 Å². The molecule has 3 aromatic rings. The lowest BCUT2D eigenvalue weighted by atomic mass is 9.95. The molecule has 0 spiro atoms. The molecule has 32 heavy (non-hydrogen) atoms. The summed E-state index contributed by atoms with van der Waals surface area (Å²) in [7, 11) is 0. The molecule has 3 N–H and O–H groups in total. The highest BCUT2D eigenvalue weighted by molar-refractivity contribution is 5.98. The molecule has 1 heterocycles. The first-order valence-corrected chi connectivity index (χ1v) is 10.4. The number of carbonyl (C=O) groups is 2. The Morgan fingerprint density at radius 1 is 0.938 bits per heavy atom. The number of hydrogen-bond donors (Lipinski definition) is 3. The van der Waals surface area contributed by atoms with E-state index in [1.54, 1.807) is 12.1 Å². The molecule has 0 saturated carbocycles. The molecule has 3 aromatic carbocycles.